The summed E-state index contributed by atoms with van der Waals surface area (Å²) in [6.45, 7) is 4.70. The maximum Gasteiger partial charge on any atom is 0.341 e. The van der Waals surface area contributed by atoms with Crippen molar-refractivity contribution in [3.05, 3.63) is 29.0 Å². The minimum absolute atomic E-state index is 0.255. The molecule has 0 amide bonds. The minimum atomic E-state index is -1.08. The zero-order valence-electron chi connectivity index (χ0n) is 10.6. The maximum absolute atomic E-state index is 10.5. The van der Waals surface area contributed by atoms with Crippen LogP contribution < -0.4 is 4.74 Å². The van der Waals surface area contributed by atoms with Crippen molar-refractivity contribution >= 4 is 40.8 Å². The second-order valence-electron chi connectivity index (χ2n) is 3.99. The molecule has 6 nitrogen and oxygen atoms in total. The number of carboxylic acid groups (broad SMARTS) is 1. The first kappa shape index (κ1) is 14.1. The highest BCUT2D eigenvalue weighted by Gasteiger charge is 2.14. The van der Waals surface area contributed by atoms with Gasteiger partial charge in [-0.15, -0.1) is 0 Å². The number of nitrogens with zero attached hydrogens (tertiary/aromatic N) is 2. The van der Waals surface area contributed by atoms with Crippen molar-refractivity contribution in [3.63, 3.8) is 0 Å². The molecule has 20 heavy (non-hydrogen) atoms. The topological polar surface area (TPSA) is 84.9 Å². The van der Waals surface area contributed by atoms with Crippen LogP contribution in [0.3, 0.4) is 0 Å². The molecule has 2 rings (SSSR count). The quantitative estimate of drug-likeness (QED) is 0.857. The van der Waals surface area contributed by atoms with E-state index in [0.717, 1.165) is 5.57 Å². The molecule has 0 aliphatic rings. The Bertz CT molecular complexity index is 706. The Balaban J connectivity index is 2.49. The van der Waals surface area contributed by atoms with Gasteiger partial charge in [0.05, 0.1) is 10.4 Å². The minimum Gasteiger partial charge on any atom is -0.480 e. The Labute approximate surface area is 119 Å². The summed E-state index contributed by atoms with van der Waals surface area (Å²) in [4.78, 5) is 14.2. The Kier molecular flexibility index (Phi) is 4.05. The molecule has 1 aromatic heterocycles. The second kappa shape index (κ2) is 5.75. The lowest BCUT2D eigenvalue weighted by molar-refractivity contribution is -0.139. The zero-order valence-corrected chi connectivity index (χ0v) is 11.3. The van der Waals surface area contributed by atoms with Crippen LogP contribution in [0.5, 0.6) is 5.75 Å². The summed E-state index contributed by atoms with van der Waals surface area (Å²) in [6, 6.07) is 3.12. The molecule has 0 radical (unpaired) electrons. The highest BCUT2D eigenvalue weighted by atomic mass is 35.5. The molecule has 0 saturated heterocycles. The zero-order chi connectivity index (χ0) is 14.7. The summed E-state index contributed by atoms with van der Waals surface area (Å²) in [5, 5.41) is 13.5. The number of allylic oxidation sites excluding steroid dienone is 1. The van der Waals surface area contributed by atoms with Crippen LogP contribution >= 0.6 is 11.6 Å². The average molecular weight is 295 g/mol. The average Bonchev–Trinajstić information content (AvgIpc) is 2.78. The Morgan fingerprint density at radius 2 is 2.40 bits per heavy atom. The predicted molar refractivity (Wildman–Crippen MR) is 75.3 cm³/mol. The van der Waals surface area contributed by atoms with Crippen LogP contribution in [-0.2, 0) is 4.79 Å². The lowest BCUT2D eigenvalue weighted by atomic mass is 10.1. The van der Waals surface area contributed by atoms with Crippen molar-refractivity contribution in [1.82, 2.24) is 5.16 Å². The fraction of sp³-hybridized carbons (Fsp3) is 0.154. The van der Waals surface area contributed by atoms with E-state index < -0.39 is 12.6 Å². The van der Waals surface area contributed by atoms with Gasteiger partial charge in [0, 0.05) is 12.3 Å². The third-order valence-corrected chi connectivity index (χ3v) is 2.83. The number of rotatable bonds is 5. The van der Waals surface area contributed by atoms with E-state index in [9.17, 15) is 4.79 Å². The molecule has 0 aliphatic carbocycles. The number of fused-ring (bicyclic) bond motifs is 1. The van der Waals surface area contributed by atoms with Gasteiger partial charge in [-0.2, -0.15) is 0 Å². The van der Waals surface area contributed by atoms with Gasteiger partial charge in [0.15, 0.2) is 12.2 Å². The SMILES string of the molecule is C=N/C=C(\C)c1noc2cc(Cl)c(OCC(=O)O)cc12. The lowest BCUT2D eigenvalue weighted by Gasteiger charge is -2.05. The summed E-state index contributed by atoms with van der Waals surface area (Å²) < 4.78 is 10.3. The lowest BCUT2D eigenvalue weighted by Crippen LogP contribution is -2.09. The van der Waals surface area contributed by atoms with Gasteiger partial charge in [-0.1, -0.05) is 16.8 Å². The van der Waals surface area contributed by atoms with E-state index in [1.807, 2.05) is 0 Å². The molecule has 104 valence electrons. The number of aliphatic carboxylic acids is 1. The van der Waals surface area contributed by atoms with E-state index in [0.29, 0.717) is 16.7 Å². The van der Waals surface area contributed by atoms with E-state index in [4.69, 9.17) is 26.0 Å². The molecular weight excluding hydrogens is 284 g/mol. The number of ether oxygens (including phenoxy) is 1. The normalized spacial score (nSPS) is 11.6. The number of hydrogen-bond acceptors (Lipinski definition) is 5. The van der Waals surface area contributed by atoms with Crippen LogP contribution in [0.25, 0.3) is 16.5 Å². The van der Waals surface area contributed by atoms with Gasteiger partial charge < -0.3 is 14.4 Å². The van der Waals surface area contributed by atoms with E-state index in [-0.39, 0.29) is 10.8 Å². The van der Waals surface area contributed by atoms with Gasteiger partial charge in [0.2, 0.25) is 0 Å². The van der Waals surface area contributed by atoms with E-state index in [2.05, 4.69) is 16.9 Å². The number of hydrogen-bond donors (Lipinski definition) is 1. The predicted octanol–water partition coefficient (Wildman–Crippen LogP) is 3.01. The van der Waals surface area contributed by atoms with Crippen molar-refractivity contribution in [2.45, 2.75) is 6.92 Å². The number of halogens is 1. The van der Waals surface area contributed by atoms with Crippen LogP contribution in [0.4, 0.5) is 0 Å². The summed E-state index contributed by atoms with van der Waals surface area (Å²) >= 11 is 5.99. The van der Waals surface area contributed by atoms with Crippen LogP contribution in [0, 0.1) is 0 Å². The van der Waals surface area contributed by atoms with Gasteiger partial charge in [0.1, 0.15) is 11.4 Å². The Morgan fingerprint density at radius 3 is 3.05 bits per heavy atom. The first-order valence-corrected chi connectivity index (χ1v) is 5.97. The maximum atomic E-state index is 10.5. The van der Waals surface area contributed by atoms with Gasteiger partial charge >= 0.3 is 5.97 Å². The standard InChI is InChI=1S/C13H11ClN2O4/c1-7(5-15-2)13-8-3-11(19-6-12(17)18)9(14)4-10(8)20-16-13/h3-5H,2,6H2,1H3,(H,17,18)/b7-5+. The van der Waals surface area contributed by atoms with Crippen molar-refractivity contribution in [1.29, 1.82) is 0 Å². The molecule has 0 saturated carbocycles. The monoisotopic (exact) mass is 294 g/mol. The van der Waals surface area contributed by atoms with Gasteiger partial charge in [-0.05, 0) is 25.3 Å². The molecule has 1 heterocycles. The summed E-state index contributed by atoms with van der Waals surface area (Å²) in [6.07, 6.45) is 1.55. The summed E-state index contributed by atoms with van der Waals surface area (Å²) in [7, 11) is 0. The number of aromatic nitrogens is 1. The fourth-order valence-electron chi connectivity index (χ4n) is 1.67. The molecule has 0 aliphatic heterocycles. The second-order valence-corrected chi connectivity index (χ2v) is 4.39. The van der Waals surface area contributed by atoms with Crippen molar-refractivity contribution in [2.24, 2.45) is 4.99 Å². The highest BCUT2D eigenvalue weighted by Crippen LogP contribution is 2.33. The highest BCUT2D eigenvalue weighted by molar-refractivity contribution is 6.32. The Morgan fingerprint density at radius 1 is 1.65 bits per heavy atom. The van der Waals surface area contributed by atoms with Crippen molar-refractivity contribution in [3.8, 4) is 5.75 Å². The van der Waals surface area contributed by atoms with Crippen molar-refractivity contribution in [2.75, 3.05) is 6.61 Å². The van der Waals surface area contributed by atoms with Crippen LogP contribution in [0.2, 0.25) is 5.02 Å². The summed E-state index contributed by atoms with van der Waals surface area (Å²) in [5.74, 6) is -0.830. The molecule has 0 atom stereocenters. The van der Waals surface area contributed by atoms with Crippen LogP contribution in [0.15, 0.2) is 27.8 Å². The third kappa shape index (κ3) is 2.80. The van der Waals surface area contributed by atoms with Gasteiger partial charge in [-0.3, -0.25) is 4.99 Å². The molecular formula is C13H11ClN2O4. The van der Waals surface area contributed by atoms with Crippen LogP contribution in [0.1, 0.15) is 12.6 Å². The van der Waals surface area contributed by atoms with E-state index in [1.54, 1.807) is 19.2 Å². The van der Waals surface area contributed by atoms with Crippen LogP contribution in [-0.4, -0.2) is 29.6 Å². The largest absolute Gasteiger partial charge is 0.480 e. The van der Waals surface area contributed by atoms with Gasteiger partial charge in [0.25, 0.3) is 0 Å². The van der Waals surface area contributed by atoms with E-state index >= 15 is 0 Å². The molecule has 0 fully saturated rings. The fourth-order valence-corrected chi connectivity index (χ4v) is 1.88. The first-order chi connectivity index (χ1) is 9.52. The van der Waals surface area contributed by atoms with Gasteiger partial charge in [-0.25, -0.2) is 4.79 Å². The Hall–Kier alpha value is -2.34. The molecule has 0 spiro atoms. The van der Waals surface area contributed by atoms with Crippen molar-refractivity contribution < 1.29 is 19.2 Å². The number of carbonyl (C=O) groups is 1. The molecule has 1 N–H and O–H groups in total. The third-order valence-electron chi connectivity index (χ3n) is 2.53. The molecule has 0 bridgehead atoms. The number of carboxylic acids is 1. The summed E-state index contributed by atoms with van der Waals surface area (Å²) in [5.41, 5.74) is 1.80. The first-order valence-electron chi connectivity index (χ1n) is 5.59. The molecule has 1 aromatic carbocycles. The number of aliphatic imine (C=N–C) groups is 1. The smallest absolute Gasteiger partial charge is 0.341 e. The van der Waals surface area contributed by atoms with E-state index in [1.165, 1.54) is 6.07 Å². The molecule has 0 unspecified atom stereocenters. The molecule has 2 aromatic rings. The number of benzene rings is 1. The molecule has 7 heteroatoms.